The number of rotatable bonds is 5. The van der Waals surface area contributed by atoms with Crippen LogP contribution in [0.3, 0.4) is 0 Å². The Morgan fingerprint density at radius 1 is 1.31 bits per heavy atom. The first-order valence-electron chi connectivity index (χ1n) is 8.86. The summed E-state index contributed by atoms with van der Waals surface area (Å²) in [6.45, 7) is 6.91. The Labute approximate surface area is 156 Å². The van der Waals surface area contributed by atoms with E-state index in [9.17, 15) is 4.79 Å². The first-order chi connectivity index (χ1) is 12.5. The molecule has 1 saturated heterocycles. The van der Waals surface area contributed by atoms with E-state index < -0.39 is 0 Å². The Kier molecular flexibility index (Phi) is 4.40. The van der Waals surface area contributed by atoms with Crippen LogP contribution in [-0.4, -0.2) is 33.3 Å². The molecule has 6 nitrogen and oxygen atoms in total. The lowest BCUT2D eigenvalue weighted by atomic mass is 10.0. The monoisotopic (exact) mass is 370 g/mol. The van der Waals surface area contributed by atoms with Crippen LogP contribution < -0.4 is 10.1 Å². The first kappa shape index (κ1) is 17.0. The summed E-state index contributed by atoms with van der Waals surface area (Å²) >= 11 is 1.57. The average Bonchev–Trinajstić information content (AvgIpc) is 3.34. The number of ether oxygens (including phenoxy) is 1. The van der Waals surface area contributed by atoms with Crippen molar-refractivity contribution in [2.24, 2.45) is 5.92 Å². The molecule has 1 unspecified atom stereocenters. The lowest BCUT2D eigenvalue weighted by Crippen LogP contribution is -2.25. The second-order valence-electron chi connectivity index (χ2n) is 7.07. The van der Waals surface area contributed by atoms with Crippen LogP contribution in [0.5, 0.6) is 5.75 Å². The standard InChI is InChI=1S/C19H22N4O2S/c1-11(2)23-9-15(8-22-23)13-4-16-19(26-10-21-16)17(5-13)25-12(3)14-6-18(24)20-7-14/h4-5,8-12,14H,6-7H2,1-3H3,(H,20,24)/t12-,14?/m1/s1. The van der Waals surface area contributed by atoms with Crippen LogP contribution in [0.2, 0.25) is 0 Å². The Hall–Kier alpha value is -2.41. The highest BCUT2D eigenvalue weighted by atomic mass is 32.1. The Morgan fingerprint density at radius 2 is 2.15 bits per heavy atom. The molecule has 1 amide bonds. The van der Waals surface area contributed by atoms with Gasteiger partial charge < -0.3 is 10.1 Å². The maximum absolute atomic E-state index is 11.5. The summed E-state index contributed by atoms with van der Waals surface area (Å²) in [6.07, 6.45) is 4.40. The molecule has 136 valence electrons. The molecule has 2 atom stereocenters. The lowest BCUT2D eigenvalue weighted by Gasteiger charge is -2.20. The van der Waals surface area contributed by atoms with Gasteiger partial charge in [-0.05, 0) is 38.5 Å². The van der Waals surface area contributed by atoms with Crippen LogP contribution in [0.15, 0.2) is 30.0 Å². The molecule has 0 saturated carbocycles. The van der Waals surface area contributed by atoms with E-state index in [2.05, 4.69) is 41.4 Å². The van der Waals surface area contributed by atoms with Crippen LogP contribution in [0.25, 0.3) is 21.3 Å². The van der Waals surface area contributed by atoms with Gasteiger partial charge in [-0.2, -0.15) is 5.10 Å². The van der Waals surface area contributed by atoms with Gasteiger partial charge in [0.15, 0.2) is 0 Å². The van der Waals surface area contributed by atoms with E-state index in [1.165, 1.54) is 0 Å². The number of aromatic nitrogens is 3. The maximum Gasteiger partial charge on any atom is 0.220 e. The summed E-state index contributed by atoms with van der Waals surface area (Å²) in [6, 6.07) is 4.45. The van der Waals surface area contributed by atoms with Crippen LogP contribution in [0.4, 0.5) is 0 Å². The summed E-state index contributed by atoms with van der Waals surface area (Å²) in [5, 5.41) is 7.31. The summed E-state index contributed by atoms with van der Waals surface area (Å²) in [5.41, 5.74) is 4.85. The molecular weight excluding hydrogens is 348 g/mol. The van der Waals surface area contributed by atoms with E-state index in [0.29, 0.717) is 19.0 Å². The number of carbonyl (C=O) groups is 1. The van der Waals surface area contributed by atoms with Gasteiger partial charge >= 0.3 is 0 Å². The van der Waals surface area contributed by atoms with Gasteiger partial charge in [-0.1, -0.05) is 0 Å². The predicted molar refractivity (Wildman–Crippen MR) is 102 cm³/mol. The molecule has 1 aliphatic rings. The summed E-state index contributed by atoms with van der Waals surface area (Å²) in [5.74, 6) is 1.12. The van der Waals surface area contributed by atoms with Crippen molar-refractivity contribution in [1.29, 1.82) is 0 Å². The number of nitrogens with zero attached hydrogens (tertiary/aromatic N) is 3. The van der Waals surface area contributed by atoms with Crippen LogP contribution >= 0.6 is 11.3 Å². The normalized spacial score (nSPS) is 18.5. The molecule has 1 aliphatic heterocycles. The van der Waals surface area contributed by atoms with Gasteiger partial charge in [-0.15, -0.1) is 11.3 Å². The largest absolute Gasteiger partial charge is 0.489 e. The van der Waals surface area contributed by atoms with E-state index in [-0.39, 0.29) is 17.9 Å². The van der Waals surface area contributed by atoms with Crippen LogP contribution in [-0.2, 0) is 4.79 Å². The van der Waals surface area contributed by atoms with Gasteiger partial charge in [0.2, 0.25) is 5.91 Å². The minimum atomic E-state index is -0.0483. The van der Waals surface area contributed by atoms with Crippen molar-refractivity contribution >= 4 is 27.5 Å². The fourth-order valence-electron chi connectivity index (χ4n) is 3.22. The number of hydrogen-bond donors (Lipinski definition) is 1. The molecule has 4 rings (SSSR count). The molecule has 1 fully saturated rings. The van der Waals surface area contributed by atoms with Crippen molar-refractivity contribution in [2.75, 3.05) is 6.54 Å². The summed E-state index contributed by atoms with van der Waals surface area (Å²) in [4.78, 5) is 16.0. The van der Waals surface area contributed by atoms with Gasteiger partial charge in [0.25, 0.3) is 0 Å². The Bertz CT molecular complexity index is 946. The molecule has 0 spiro atoms. The highest BCUT2D eigenvalue weighted by Gasteiger charge is 2.28. The van der Waals surface area contributed by atoms with E-state index in [4.69, 9.17) is 4.74 Å². The molecule has 1 N–H and O–H groups in total. The topological polar surface area (TPSA) is 69.0 Å². The highest BCUT2D eigenvalue weighted by Crippen LogP contribution is 2.36. The van der Waals surface area contributed by atoms with Gasteiger partial charge in [0.1, 0.15) is 11.9 Å². The number of thiazole rings is 1. The lowest BCUT2D eigenvalue weighted by molar-refractivity contribution is -0.119. The number of carbonyl (C=O) groups excluding carboxylic acids is 1. The molecule has 26 heavy (non-hydrogen) atoms. The average molecular weight is 370 g/mol. The first-order valence-corrected chi connectivity index (χ1v) is 9.74. The third kappa shape index (κ3) is 3.19. The molecular formula is C19H22N4O2S. The van der Waals surface area contributed by atoms with E-state index in [1.807, 2.05) is 29.5 Å². The molecule has 7 heteroatoms. The molecule has 1 aromatic carbocycles. The third-order valence-electron chi connectivity index (χ3n) is 4.85. The Balaban J connectivity index is 1.67. The minimum Gasteiger partial charge on any atom is -0.489 e. The van der Waals surface area contributed by atoms with Crippen molar-refractivity contribution < 1.29 is 9.53 Å². The maximum atomic E-state index is 11.5. The summed E-state index contributed by atoms with van der Waals surface area (Å²) < 4.78 is 9.27. The predicted octanol–water partition coefficient (Wildman–Crippen LogP) is 3.64. The van der Waals surface area contributed by atoms with Gasteiger partial charge in [-0.3, -0.25) is 9.48 Å². The highest BCUT2D eigenvalue weighted by molar-refractivity contribution is 7.17. The fraction of sp³-hybridized carbons (Fsp3) is 0.421. The number of benzene rings is 1. The van der Waals surface area contributed by atoms with E-state index in [0.717, 1.165) is 27.1 Å². The van der Waals surface area contributed by atoms with Gasteiger partial charge in [-0.25, -0.2) is 4.98 Å². The third-order valence-corrected chi connectivity index (χ3v) is 5.70. The molecule has 2 aromatic heterocycles. The van der Waals surface area contributed by atoms with Crippen molar-refractivity contribution in [2.45, 2.75) is 39.3 Å². The van der Waals surface area contributed by atoms with Crippen molar-refractivity contribution in [3.05, 3.63) is 30.0 Å². The van der Waals surface area contributed by atoms with E-state index in [1.54, 1.807) is 11.3 Å². The number of nitrogens with one attached hydrogen (secondary N) is 1. The zero-order valence-electron chi connectivity index (χ0n) is 15.1. The molecule has 0 radical (unpaired) electrons. The quantitative estimate of drug-likeness (QED) is 0.744. The SMILES string of the molecule is CC(C)n1cc(-c2cc(O[C@H](C)C3CNC(=O)C3)c3scnc3c2)cn1. The van der Waals surface area contributed by atoms with Gasteiger partial charge in [0.05, 0.1) is 21.9 Å². The summed E-state index contributed by atoms with van der Waals surface area (Å²) in [7, 11) is 0. The molecule has 3 heterocycles. The smallest absolute Gasteiger partial charge is 0.220 e. The second-order valence-corrected chi connectivity index (χ2v) is 7.92. The number of fused-ring (bicyclic) bond motifs is 1. The minimum absolute atomic E-state index is 0.0483. The molecule has 0 bridgehead atoms. The van der Waals surface area contributed by atoms with Crippen molar-refractivity contribution in [3.8, 4) is 16.9 Å². The number of hydrogen-bond acceptors (Lipinski definition) is 5. The zero-order valence-corrected chi connectivity index (χ0v) is 15.9. The van der Waals surface area contributed by atoms with Crippen molar-refractivity contribution in [1.82, 2.24) is 20.1 Å². The van der Waals surface area contributed by atoms with Crippen molar-refractivity contribution in [3.63, 3.8) is 0 Å². The van der Waals surface area contributed by atoms with Crippen LogP contribution in [0, 0.1) is 5.92 Å². The van der Waals surface area contributed by atoms with Gasteiger partial charge in [0, 0.05) is 36.7 Å². The second kappa shape index (κ2) is 6.72. The van der Waals surface area contributed by atoms with Crippen LogP contribution in [0.1, 0.15) is 33.2 Å². The number of amides is 1. The molecule has 0 aliphatic carbocycles. The fourth-order valence-corrected chi connectivity index (χ4v) is 3.94. The van der Waals surface area contributed by atoms with E-state index >= 15 is 0 Å². The Morgan fingerprint density at radius 3 is 2.85 bits per heavy atom. The zero-order chi connectivity index (χ0) is 18.3. The molecule has 3 aromatic rings.